The van der Waals surface area contributed by atoms with Crippen LogP contribution in [0.15, 0.2) is 22.7 Å². The maximum Gasteiger partial charge on any atom is 0.317 e. The third-order valence-electron chi connectivity index (χ3n) is 4.46. The van der Waals surface area contributed by atoms with E-state index in [0.29, 0.717) is 6.04 Å². The van der Waals surface area contributed by atoms with E-state index in [9.17, 15) is 4.79 Å². The predicted molar refractivity (Wildman–Crippen MR) is 93.9 cm³/mol. The lowest BCUT2D eigenvalue weighted by Gasteiger charge is -2.37. The van der Waals surface area contributed by atoms with Crippen LogP contribution in [0, 0.1) is 0 Å². The highest BCUT2D eigenvalue weighted by Crippen LogP contribution is 2.25. The molecule has 6 heteroatoms. The molecule has 1 aliphatic rings. The molecule has 1 aromatic carbocycles. The van der Waals surface area contributed by atoms with Crippen LogP contribution in [-0.2, 0) is 11.3 Å². The van der Waals surface area contributed by atoms with Crippen molar-refractivity contribution in [2.45, 2.75) is 32.4 Å². The lowest BCUT2D eigenvalue weighted by Crippen LogP contribution is -2.46. The summed E-state index contributed by atoms with van der Waals surface area (Å²) in [6.45, 7) is 5.83. The van der Waals surface area contributed by atoms with Crippen molar-refractivity contribution in [2.75, 3.05) is 33.3 Å². The number of nitrogens with zero attached hydrogens (tertiary/aromatic N) is 2. The third-order valence-corrected chi connectivity index (χ3v) is 5.24. The Bertz CT molecular complexity index is 531. The van der Waals surface area contributed by atoms with Crippen molar-refractivity contribution in [3.8, 4) is 5.75 Å². The molecule has 0 unspecified atom stereocenters. The zero-order chi connectivity index (χ0) is 16.8. The topological polar surface area (TPSA) is 53.0 Å². The SMILES string of the molecule is CCN(CC(=O)O)C1CCN(Cc2cc(OC)ccc2Br)CC1. The first-order chi connectivity index (χ1) is 11.0. The average Bonchev–Trinajstić information content (AvgIpc) is 2.55. The smallest absolute Gasteiger partial charge is 0.317 e. The second-order valence-corrected chi connectivity index (χ2v) is 6.78. The molecule has 23 heavy (non-hydrogen) atoms. The lowest BCUT2D eigenvalue weighted by molar-refractivity contribution is -0.139. The summed E-state index contributed by atoms with van der Waals surface area (Å²) in [7, 11) is 1.68. The van der Waals surface area contributed by atoms with Crippen LogP contribution < -0.4 is 4.74 Å². The van der Waals surface area contributed by atoms with Crippen molar-refractivity contribution in [2.24, 2.45) is 0 Å². The molecular weight excluding hydrogens is 360 g/mol. The number of hydrogen-bond donors (Lipinski definition) is 1. The molecule has 1 saturated heterocycles. The van der Waals surface area contributed by atoms with E-state index < -0.39 is 5.97 Å². The molecule has 1 aromatic rings. The second-order valence-electron chi connectivity index (χ2n) is 5.92. The zero-order valence-electron chi connectivity index (χ0n) is 13.8. The Labute approximate surface area is 146 Å². The number of likely N-dealkylation sites (tertiary alicyclic amines) is 1. The lowest BCUT2D eigenvalue weighted by atomic mass is 10.0. The summed E-state index contributed by atoms with van der Waals surface area (Å²) in [5.41, 5.74) is 1.22. The standard InChI is InChI=1S/C17H25BrN2O3/c1-3-20(12-17(21)22)14-6-8-19(9-7-14)11-13-10-15(23-2)4-5-16(13)18/h4-5,10,14H,3,6-9,11-12H2,1-2H3,(H,21,22). The van der Waals surface area contributed by atoms with Crippen molar-refractivity contribution >= 4 is 21.9 Å². The van der Waals surface area contributed by atoms with E-state index in [0.717, 1.165) is 49.2 Å². The largest absolute Gasteiger partial charge is 0.497 e. The van der Waals surface area contributed by atoms with Gasteiger partial charge in [0.25, 0.3) is 0 Å². The molecule has 1 heterocycles. The summed E-state index contributed by atoms with van der Waals surface area (Å²) in [4.78, 5) is 15.4. The first-order valence-corrected chi connectivity index (χ1v) is 8.83. The number of methoxy groups -OCH3 is 1. The summed E-state index contributed by atoms with van der Waals surface area (Å²) < 4.78 is 6.40. The van der Waals surface area contributed by atoms with Crippen LogP contribution in [0.3, 0.4) is 0 Å². The molecule has 0 spiro atoms. The van der Waals surface area contributed by atoms with Gasteiger partial charge in [0.2, 0.25) is 0 Å². The van der Waals surface area contributed by atoms with Gasteiger partial charge < -0.3 is 9.84 Å². The van der Waals surface area contributed by atoms with E-state index in [-0.39, 0.29) is 6.54 Å². The second kappa shape index (κ2) is 8.66. The van der Waals surface area contributed by atoms with Gasteiger partial charge in [-0.25, -0.2) is 0 Å². The molecule has 0 aromatic heterocycles. The van der Waals surface area contributed by atoms with E-state index >= 15 is 0 Å². The Morgan fingerprint density at radius 2 is 2.13 bits per heavy atom. The normalized spacial score (nSPS) is 16.7. The fourth-order valence-electron chi connectivity index (χ4n) is 3.16. The van der Waals surface area contributed by atoms with Crippen LogP contribution in [0.5, 0.6) is 5.75 Å². The monoisotopic (exact) mass is 384 g/mol. The van der Waals surface area contributed by atoms with Gasteiger partial charge in [0, 0.05) is 17.1 Å². The molecule has 0 amide bonds. The number of hydrogen-bond acceptors (Lipinski definition) is 4. The number of likely N-dealkylation sites (N-methyl/N-ethyl adjacent to an activating group) is 1. The maximum absolute atomic E-state index is 10.9. The van der Waals surface area contributed by atoms with E-state index in [1.807, 2.05) is 19.1 Å². The Kier molecular flexibility index (Phi) is 6.87. The maximum atomic E-state index is 10.9. The third kappa shape index (κ3) is 5.19. The van der Waals surface area contributed by atoms with Gasteiger partial charge in [-0.05, 0) is 56.2 Å². The first kappa shape index (κ1) is 18.2. The number of benzene rings is 1. The van der Waals surface area contributed by atoms with Gasteiger partial charge >= 0.3 is 5.97 Å². The minimum Gasteiger partial charge on any atom is -0.497 e. The highest BCUT2D eigenvalue weighted by atomic mass is 79.9. The van der Waals surface area contributed by atoms with Gasteiger partial charge in [0.05, 0.1) is 13.7 Å². The molecule has 5 nitrogen and oxygen atoms in total. The number of halogens is 1. The number of carbonyl (C=O) groups is 1. The molecule has 0 atom stereocenters. The van der Waals surface area contributed by atoms with E-state index in [4.69, 9.17) is 9.84 Å². The van der Waals surface area contributed by atoms with E-state index in [1.165, 1.54) is 5.56 Å². The van der Waals surface area contributed by atoms with Gasteiger partial charge in [-0.1, -0.05) is 22.9 Å². The average molecular weight is 385 g/mol. The molecule has 2 rings (SSSR count). The number of ether oxygens (including phenoxy) is 1. The van der Waals surface area contributed by atoms with Crippen molar-refractivity contribution < 1.29 is 14.6 Å². The zero-order valence-corrected chi connectivity index (χ0v) is 15.4. The summed E-state index contributed by atoms with van der Waals surface area (Å²) in [6, 6.07) is 6.41. The van der Waals surface area contributed by atoms with Gasteiger partial charge in [-0.2, -0.15) is 0 Å². The fraction of sp³-hybridized carbons (Fsp3) is 0.588. The van der Waals surface area contributed by atoms with Crippen molar-refractivity contribution in [3.63, 3.8) is 0 Å². The predicted octanol–water partition coefficient (Wildman–Crippen LogP) is 2.83. The number of aliphatic carboxylic acids is 1. The molecule has 1 fully saturated rings. The van der Waals surface area contributed by atoms with E-state index in [2.05, 4.69) is 31.8 Å². The highest BCUT2D eigenvalue weighted by Gasteiger charge is 2.25. The molecule has 1 N–H and O–H groups in total. The number of carboxylic acids is 1. The van der Waals surface area contributed by atoms with Crippen molar-refractivity contribution in [3.05, 3.63) is 28.2 Å². The van der Waals surface area contributed by atoms with Crippen LogP contribution in [0.4, 0.5) is 0 Å². The summed E-state index contributed by atoms with van der Waals surface area (Å²) in [5, 5.41) is 9.00. The molecule has 0 saturated carbocycles. The van der Waals surface area contributed by atoms with Gasteiger partial charge in [0.1, 0.15) is 5.75 Å². The first-order valence-electron chi connectivity index (χ1n) is 8.04. The Balaban J connectivity index is 1.90. The fourth-order valence-corrected chi connectivity index (χ4v) is 3.53. The van der Waals surface area contributed by atoms with Crippen LogP contribution >= 0.6 is 15.9 Å². The Hall–Kier alpha value is -1.11. The van der Waals surface area contributed by atoms with E-state index in [1.54, 1.807) is 7.11 Å². The van der Waals surface area contributed by atoms with Crippen LogP contribution in [0.25, 0.3) is 0 Å². The highest BCUT2D eigenvalue weighted by molar-refractivity contribution is 9.10. The number of piperidine rings is 1. The molecule has 128 valence electrons. The quantitative estimate of drug-likeness (QED) is 0.783. The van der Waals surface area contributed by atoms with Gasteiger partial charge in [0.15, 0.2) is 0 Å². The number of rotatable bonds is 7. The summed E-state index contributed by atoms with van der Waals surface area (Å²) in [5.74, 6) is 0.131. The molecule has 0 bridgehead atoms. The minimum atomic E-state index is -0.741. The number of carboxylic acid groups (broad SMARTS) is 1. The Morgan fingerprint density at radius 1 is 1.43 bits per heavy atom. The van der Waals surface area contributed by atoms with Gasteiger partial charge in [-0.3, -0.25) is 14.6 Å². The molecule has 0 aliphatic carbocycles. The summed E-state index contributed by atoms with van der Waals surface area (Å²) >= 11 is 3.60. The van der Waals surface area contributed by atoms with Crippen LogP contribution in [-0.4, -0.2) is 60.2 Å². The Morgan fingerprint density at radius 3 is 2.70 bits per heavy atom. The van der Waals surface area contributed by atoms with Crippen LogP contribution in [0.2, 0.25) is 0 Å². The molecule has 1 aliphatic heterocycles. The minimum absolute atomic E-state index is 0.141. The van der Waals surface area contributed by atoms with Crippen LogP contribution in [0.1, 0.15) is 25.3 Å². The van der Waals surface area contributed by atoms with Gasteiger partial charge in [-0.15, -0.1) is 0 Å². The van der Waals surface area contributed by atoms with Crippen molar-refractivity contribution in [1.29, 1.82) is 0 Å². The van der Waals surface area contributed by atoms with Crippen molar-refractivity contribution in [1.82, 2.24) is 9.80 Å². The molecular formula is C17H25BrN2O3. The molecule has 0 radical (unpaired) electrons. The summed E-state index contributed by atoms with van der Waals surface area (Å²) in [6.07, 6.45) is 2.03.